The molecule has 1 aliphatic rings. The van der Waals surface area contributed by atoms with E-state index in [1.165, 1.54) is 24.0 Å². The van der Waals surface area contributed by atoms with E-state index in [0.29, 0.717) is 0 Å². The van der Waals surface area contributed by atoms with Gasteiger partial charge in [0, 0.05) is 6.04 Å². The fourth-order valence-electron chi connectivity index (χ4n) is 3.89. The van der Waals surface area contributed by atoms with E-state index in [4.69, 9.17) is 4.74 Å². The van der Waals surface area contributed by atoms with Crippen LogP contribution < -0.4 is 9.46 Å². The van der Waals surface area contributed by atoms with Gasteiger partial charge in [-0.3, -0.25) is 0 Å². The average Bonchev–Trinajstić information content (AvgIpc) is 2.72. The second kappa shape index (κ2) is 7.57. The Balaban J connectivity index is 1.59. The summed E-state index contributed by atoms with van der Waals surface area (Å²) in [6, 6.07) is 16.8. The number of rotatable bonds is 5. The SMILES string of the molecule is COc1ccc2cc(S(=O)(=O)NC(C)c3ccc4c(c3)CCCC4)ccc2c1. The van der Waals surface area contributed by atoms with Gasteiger partial charge in [0.1, 0.15) is 5.75 Å². The molecule has 0 saturated heterocycles. The molecule has 0 aromatic heterocycles. The van der Waals surface area contributed by atoms with Crippen molar-refractivity contribution in [2.24, 2.45) is 0 Å². The maximum absolute atomic E-state index is 12.9. The molecule has 3 aromatic carbocycles. The molecule has 4 rings (SSSR count). The highest BCUT2D eigenvalue weighted by Gasteiger charge is 2.20. The monoisotopic (exact) mass is 395 g/mol. The van der Waals surface area contributed by atoms with Crippen LogP contribution in [0.1, 0.15) is 42.5 Å². The van der Waals surface area contributed by atoms with Gasteiger partial charge in [0.05, 0.1) is 12.0 Å². The number of fused-ring (bicyclic) bond motifs is 2. The Kier molecular flexibility index (Phi) is 5.13. The lowest BCUT2D eigenvalue weighted by molar-refractivity contribution is 0.415. The molecule has 0 bridgehead atoms. The van der Waals surface area contributed by atoms with E-state index in [-0.39, 0.29) is 10.9 Å². The molecule has 0 aliphatic heterocycles. The number of sulfonamides is 1. The Morgan fingerprint density at radius 2 is 1.61 bits per heavy atom. The average molecular weight is 396 g/mol. The van der Waals surface area contributed by atoms with Crippen LogP contribution in [0.4, 0.5) is 0 Å². The van der Waals surface area contributed by atoms with Gasteiger partial charge in [-0.25, -0.2) is 13.1 Å². The first-order valence-corrected chi connectivity index (χ1v) is 11.2. The zero-order valence-electron chi connectivity index (χ0n) is 16.2. The number of benzene rings is 3. The number of hydrogen-bond acceptors (Lipinski definition) is 3. The zero-order valence-corrected chi connectivity index (χ0v) is 17.1. The third-order valence-corrected chi connectivity index (χ3v) is 7.07. The van der Waals surface area contributed by atoms with Crippen LogP contribution in [0.15, 0.2) is 59.5 Å². The van der Waals surface area contributed by atoms with Crippen molar-refractivity contribution in [1.29, 1.82) is 0 Å². The predicted octanol–water partition coefficient (Wildman–Crippen LogP) is 4.77. The maximum Gasteiger partial charge on any atom is 0.241 e. The van der Waals surface area contributed by atoms with Crippen molar-refractivity contribution in [3.8, 4) is 5.75 Å². The highest BCUT2D eigenvalue weighted by atomic mass is 32.2. The minimum Gasteiger partial charge on any atom is -0.497 e. The van der Waals surface area contributed by atoms with Crippen LogP contribution in [-0.4, -0.2) is 15.5 Å². The van der Waals surface area contributed by atoms with E-state index in [1.807, 2.05) is 37.3 Å². The maximum atomic E-state index is 12.9. The van der Waals surface area contributed by atoms with Gasteiger partial charge in [-0.2, -0.15) is 0 Å². The number of hydrogen-bond donors (Lipinski definition) is 1. The van der Waals surface area contributed by atoms with Crippen LogP contribution in [0, 0.1) is 0 Å². The van der Waals surface area contributed by atoms with Gasteiger partial charge >= 0.3 is 0 Å². The third kappa shape index (κ3) is 3.77. The predicted molar refractivity (Wildman–Crippen MR) is 112 cm³/mol. The summed E-state index contributed by atoms with van der Waals surface area (Å²) in [5.41, 5.74) is 3.76. The molecule has 0 radical (unpaired) electrons. The Bertz CT molecular complexity index is 1120. The van der Waals surface area contributed by atoms with E-state index in [2.05, 4.69) is 16.9 Å². The van der Waals surface area contributed by atoms with Crippen LogP contribution >= 0.6 is 0 Å². The highest BCUT2D eigenvalue weighted by molar-refractivity contribution is 7.89. The number of aryl methyl sites for hydroxylation is 2. The van der Waals surface area contributed by atoms with Gasteiger partial charge in [-0.1, -0.05) is 30.3 Å². The van der Waals surface area contributed by atoms with Crippen LogP contribution in [0.2, 0.25) is 0 Å². The lowest BCUT2D eigenvalue weighted by atomic mass is 9.89. The van der Waals surface area contributed by atoms with Gasteiger partial charge in [0.15, 0.2) is 0 Å². The molecule has 1 aliphatic carbocycles. The molecule has 0 amide bonds. The first-order chi connectivity index (χ1) is 13.5. The highest BCUT2D eigenvalue weighted by Crippen LogP contribution is 2.27. The van der Waals surface area contributed by atoms with Crippen LogP contribution in [0.3, 0.4) is 0 Å². The summed E-state index contributed by atoms with van der Waals surface area (Å²) in [6.07, 6.45) is 4.65. The summed E-state index contributed by atoms with van der Waals surface area (Å²) >= 11 is 0. The molecule has 1 N–H and O–H groups in total. The summed E-state index contributed by atoms with van der Waals surface area (Å²) < 4.78 is 33.9. The smallest absolute Gasteiger partial charge is 0.241 e. The first-order valence-electron chi connectivity index (χ1n) is 9.68. The van der Waals surface area contributed by atoms with E-state index in [0.717, 1.165) is 34.9 Å². The van der Waals surface area contributed by atoms with E-state index >= 15 is 0 Å². The van der Waals surface area contributed by atoms with E-state index in [1.54, 1.807) is 19.2 Å². The zero-order chi connectivity index (χ0) is 19.7. The normalized spacial score (nSPS) is 15.2. The molecular weight excluding hydrogens is 370 g/mol. The van der Waals surface area contributed by atoms with Crippen molar-refractivity contribution in [2.45, 2.75) is 43.5 Å². The fraction of sp³-hybridized carbons (Fsp3) is 0.304. The molecule has 4 nitrogen and oxygen atoms in total. The van der Waals surface area contributed by atoms with Gasteiger partial charge < -0.3 is 4.74 Å². The first kappa shape index (κ1) is 19.0. The van der Waals surface area contributed by atoms with Gasteiger partial charge in [0.25, 0.3) is 0 Å². The topological polar surface area (TPSA) is 55.4 Å². The van der Waals surface area contributed by atoms with Crippen LogP contribution in [-0.2, 0) is 22.9 Å². The standard InChI is InChI=1S/C23H25NO3S/c1-16(18-8-7-17-5-3-4-6-19(17)13-18)24-28(25,26)23-12-10-20-14-22(27-2)11-9-21(20)15-23/h7-16,24H,3-6H2,1-2H3. The molecule has 1 unspecified atom stereocenters. The van der Waals surface area contributed by atoms with Crippen molar-refractivity contribution in [3.63, 3.8) is 0 Å². The molecule has 0 heterocycles. The Hall–Kier alpha value is -2.37. The summed E-state index contributed by atoms with van der Waals surface area (Å²) in [4.78, 5) is 0.273. The van der Waals surface area contributed by atoms with Crippen molar-refractivity contribution >= 4 is 20.8 Å². The molecule has 1 atom stereocenters. The molecule has 5 heteroatoms. The van der Waals surface area contributed by atoms with Gasteiger partial charge in [0.2, 0.25) is 10.0 Å². The number of methoxy groups -OCH3 is 1. The van der Waals surface area contributed by atoms with Gasteiger partial charge in [-0.05, 0) is 84.3 Å². The molecule has 3 aromatic rings. The quantitative estimate of drug-likeness (QED) is 0.677. The summed E-state index contributed by atoms with van der Waals surface area (Å²) in [5.74, 6) is 0.752. The summed E-state index contributed by atoms with van der Waals surface area (Å²) in [6.45, 7) is 1.90. The second-order valence-electron chi connectivity index (χ2n) is 7.45. The minimum absolute atomic E-state index is 0.273. The largest absolute Gasteiger partial charge is 0.497 e. The Morgan fingerprint density at radius 1 is 0.893 bits per heavy atom. The van der Waals surface area contributed by atoms with E-state index < -0.39 is 10.0 Å². The summed E-state index contributed by atoms with van der Waals surface area (Å²) in [7, 11) is -2.00. The van der Waals surface area contributed by atoms with Gasteiger partial charge in [-0.15, -0.1) is 0 Å². The minimum atomic E-state index is -3.62. The molecular formula is C23H25NO3S. The molecule has 146 valence electrons. The molecule has 28 heavy (non-hydrogen) atoms. The molecule has 0 saturated carbocycles. The second-order valence-corrected chi connectivity index (χ2v) is 9.17. The summed E-state index contributed by atoms with van der Waals surface area (Å²) in [5, 5.41) is 1.81. The molecule has 0 spiro atoms. The van der Waals surface area contributed by atoms with Crippen molar-refractivity contribution < 1.29 is 13.2 Å². The third-order valence-electron chi connectivity index (χ3n) is 5.53. The Morgan fingerprint density at radius 3 is 2.39 bits per heavy atom. The number of nitrogens with one attached hydrogen (secondary N) is 1. The Labute approximate surface area is 166 Å². The lowest BCUT2D eigenvalue weighted by Gasteiger charge is -2.20. The van der Waals surface area contributed by atoms with Crippen molar-refractivity contribution in [1.82, 2.24) is 4.72 Å². The van der Waals surface area contributed by atoms with Crippen molar-refractivity contribution in [3.05, 3.63) is 71.3 Å². The fourth-order valence-corrected chi connectivity index (χ4v) is 5.15. The van der Waals surface area contributed by atoms with Crippen LogP contribution in [0.5, 0.6) is 5.75 Å². The van der Waals surface area contributed by atoms with Crippen LogP contribution in [0.25, 0.3) is 10.8 Å². The molecule has 0 fully saturated rings. The van der Waals surface area contributed by atoms with Crippen molar-refractivity contribution in [2.75, 3.05) is 7.11 Å². The number of ether oxygens (including phenoxy) is 1. The lowest BCUT2D eigenvalue weighted by Crippen LogP contribution is -2.27. The van der Waals surface area contributed by atoms with E-state index in [9.17, 15) is 8.42 Å².